The minimum Gasteiger partial charge on any atom is -0.383 e. The van der Waals surface area contributed by atoms with Gasteiger partial charge in [0, 0.05) is 19.2 Å². The Labute approximate surface area is 97.3 Å². The monoisotopic (exact) mass is 226 g/mol. The second-order valence-electron chi connectivity index (χ2n) is 4.32. The van der Waals surface area contributed by atoms with Crippen LogP contribution < -0.4 is 5.32 Å². The van der Waals surface area contributed by atoms with Gasteiger partial charge in [-0.3, -0.25) is 0 Å². The van der Waals surface area contributed by atoms with Crippen molar-refractivity contribution in [1.82, 2.24) is 10.5 Å². The van der Waals surface area contributed by atoms with Gasteiger partial charge in [-0.05, 0) is 12.3 Å². The van der Waals surface area contributed by atoms with Crippen LogP contribution in [0.3, 0.4) is 0 Å². The van der Waals surface area contributed by atoms with E-state index in [1.165, 1.54) is 0 Å². The number of nitrogens with one attached hydrogen (secondary N) is 1. The highest BCUT2D eigenvalue weighted by Crippen LogP contribution is 2.07. The van der Waals surface area contributed by atoms with Crippen LogP contribution in [-0.2, 0) is 17.7 Å². The molecule has 1 unspecified atom stereocenters. The summed E-state index contributed by atoms with van der Waals surface area (Å²) in [6.07, 6.45) is 0.912. The third-order valence-electron chi connectivity index (χ3n) is 2.66. The Balaban J connectivity index is 2.42. The van der Waals surface area contributed by atoms with Crippen molar-refractivity contribution >= 4 is 0 Å². The Morgan fingerprint density at radius 2 is 2.25 bits per heavy atom. The second kappa shape index (κ2) is 6.66. The maximum Gasteiger partial charge on any atom is 0.150 e. The molecule has 0 radical (unpaired) electrons. The SMILES string of the molecule is CCc1cc(CNC(COC)C(C)C)on1. The Bertz CT molecular complexity index is 297. The van der Waals surface area contributed by atoms with Crippen LogP contribution in [0.15, 0.2) is 10.6 Å². The summed E-state index contributed by atoms with van der Waals surface area (Å²) in [6, 6.07) is 2.34. The molecule has 1 atom stereocenters. The van der Waals surface area contributed by atoms with Crippen molar-refractivity contribution in [3.8, 4) is 0 Å². The van der Waals surface area contributed by atoms with E-state index >= 15 is 0 Å². The molecule has 4 heteroatoms. The number of methoxy groups -OCH3 is 1. The molecule has 1 aromatic heterocycles. The van der Waals surface area contributed by atoms with Crippen molar-refractivity contribution < 1.29 is 9.26 Å². The highest BCUT2D eigenvalue weighted by atomic mass is 16.5. The lowest BCUT2D eigenvalue weighted by molar-refractivity contribution is 0.144. The van der Waals surface area contributed by atoms with Gasteiger partial charge in [0.1, 0.15) is 0 Å². The normalized spacial score (nSPS) is 13.3. The molecule has 92 valence electrons. The van der Waals surface area contributed by atoms with Crippen molar-refractivity contribution in [2.24, 2.45) is 5.92 Å². The van der Waals surface area contributed by atoms with Gasteiger partial charge >= 0.3 is 0 Å². The first-order chi connectivity index (χ1) is 7.67. The van der Waals surface area contributed by atoms with Crippen molar-refractivity contribution in [2.45, 2.75) is 39.8 Å². The molecular weight excluding hydrogens is 204 g/mol. The predicted molar refractivity (Wildman–Crippen MR) is 63.2 cm³/mol. The van der Waals surface area contributed by atoms with Gasteiger partial charge in [-0.15, -0.1) is 0 Å². The van der Waals surface area contributed by atoms with E-state index in [0.29, 0.717) is 25.1 Å². The minimum atomic E-state index is 0.347. The number of aryl methyl sites for hydroxylation is 1. The Morgan fingerprint density at radius 1 is 1.50 bits per heavy atom. The van der Waals surface area contributed by atoms with Gasteiger partial charge in [0.25, 0.3) is 0 Å². The first kappa shape index (κ1) is 13.2. The van der Waals surface area contributed by atoms with Gasteiger partial charge in [-0.25, -0.2) is 0 Å². The first-order valence-corrected chi connectivity index (χ1v) is 5.84. The summed E-state index contributed by atoms with van der Waals surface area (Å²) in [5.74, 6) is 1.42. The Hall–Kier alpha value is -0.870. The fourth-order valence-corrected chi connectivity index (χ4v) is 1.50. The van der Waals surface area contributed by atoms with E-state index < -0.39 is 0 Å². The average Bonchev–Trinajstić information content (AvgIpc) is 2.71. The summed E-state index contributed by atoms with van der Waals surface area (Å²) < 4.78 is 10.4. The molecule has 0 aromatic carbocycles. The molecule has 1 aromatic rings. The first-order valence-electron chi connectivity index (χ1n) is 5.84. The van der Waals surface area contributed by atoms with Crippen LogP contribution in [0.1, 0.15) is 32.2 Å². The molecule has 0 fully saturated rings. The number of rotatable bonds is 7. The fourth-order valence-electron chi connectivity index (χ4n) is 1.50. The van der Waals surface area contributed by atoms with Crippen LogP contribution in [0.2, 0.25) is 0 Å². The summed E-state index contributed by atoms with van der Waals surface area (Å²) in [4.78, 5) is 0. The molecule has 4 nitrogen and oxygen atoms in total. The van der Waals surface area contributed by atoms with Crippen molar-refractivity contribution in [2.75, 3.05) is 13.7 Å². The van der Waals surface area contributed by atoms with Gasteiger partial charge in [-0.1, -0.05) is 25.9 Å². The molecular formula is C12H22N2O2. The molecule has 16 heavy (non-hydrogen) atoms. The maximum atomic E-state index is 5.21. The van der Waals surface area contributed by atoms with E-state index in [-0.39, 0.29) is 0 Å². The molecule has 1 heterocycles. The van der Waals surface area contributed by atoms with Crippen molar-refractivity contribution in [3.63, 3.8) is 0 Å². The zero-order valence-electron chi connectivity index (χ0n) is 10.6. The summed E-state index contributed by atoms with van der Waals surface area (Å²) in [7, 11) is 1.72. The molecule has 0 aliphatic carbocycles. The van der Waals surface area contributed by atoms with E-state index in [1.807, 2.05) is 6.07 Å². The van der Waals surface area contributed by atoms with Gasteiger partial charge in [0.05, 0.1) is 18.8 Å². The molecule has 0 amide bonds. The van der Waals surface area contributed by atoms with E-state index in [4.69, 9.17) is 9.26 Å². The molecule has 0 aliphatic rings. The quantitative estimate of drug-likeness (QED) is 0.772. The smallest absolute Gasteiger partial charge is 0.150 e. The minimum absolute atomic E-state index is 0.347. The van der Waals surface area contributed by atoms with Gasteiger partial charge in [-0.2, -0.15) is 0 Å². The van der Waals surface area contributed by atoms with Gasteiger partial charge in [0.15, 0.2) is 5.76 Å². The van der Waals surface area contributed by atoms with E-state index in [0.717, 1.165) is 17.9 Å². The maximum absolute atomic E-state index is 5.21. The molecule has 0 spiro atoms. The lowest BCUT2D eigenvalue weighted by Gasteiger charge is -2.20. The average molecular weight is 226 g/mol. The third kappa shape index (κ3) is 3.94. The van der Waals surface area contributed by atoms with Crippen LogP contribution in [0.4, 0.5) is 0 Å². The largest absolute Gasteiger partial charge is 0.383 e. The van der Waals surface area contributed by atoms with Crippen LogP contribution in [0, 0.1) is 5.92 Å². The zero-order chi connectivity index (χ0) is 12.0. The van der Waals surface area contributed by atoms with Crippen LogP contribution in [0.5, 0.6) is 0 Å². The summed E-state index contributed by atoms with van der Waals surface area (Å²) in [6.45, 7) is 7.84. The molecule has 0 saturated carbocycles. The van der Waals surface area contributed by atoms with Crippen LogP contribution >= 0.6 is 0 Å². The fraction of sp³-hybridized carbons (Fsp3) is 0.750. The Morgan fingerprint density at radius 3 is 2.75 bits per heavy atom. The van der Waals surface area contributed by atoms with Gasteiger partial charge in [0.2, 0.25) is 0 Å². The lowest BCUT2D eigenvalue weighted by Crippen LogP contribution is -2.37. The summed E-state index contributed by atoms with van der Waals surface area (Å²) in [5, 5.41) is 7.37. The van der Waals surface area contributed by atoms with E-state index in [1.54, 1.807) is 7.11 Å². The molecule has 1 N–H and O–H groups in total. The van der Waals surface area contributed by atoms with E-state index in [2.05, 4.69) is 31.2 Å². The number of ether oxygens (including phenoxy) is 1. The Kier molecular flexibility index (Phi) is 5.49. The molecule has 1 rings (SSSR count). The van der Waals surface area contributed by atoms with E-state index in [9.17, 15) is 0 Å². The molecule has 0 aliphatic heterocycles. The second-order valence-corrected chi connectivity index (χ2v) is 4.32. The molecule has 0 saturated heterocycles. The van der Waals surface area contributed by atoms with Crippen molar-refractivity contribution in [1.29, 1.82) is 0 Å². The third-order valence-corrected chi connectivity index (χ3v) is 2.66. The molecule has 0 bridgehead atoms. The number of hydrogen-bond donors (Lipinski definition) is 1. The topological polar surface area (TPSA) is 47.3 Å². The van der Waals surface area contributed by atoms with Crippen LogP contribution in [0.25, 0.3) is 0 Å². The number of nitrogens with zero attached hydrogens (tertiary/aromatic N) is 1. The lowest BCUT2D eigenvalue weighted by atomic mass is 10.1. The number of aromatic nitrogens is 1. The summed E-state index contributed by atoms with van der Waals surface area (Å²) >= 11 is 0. The van der Waals surface area contributed by atoms with Crippen LogP contribution in [-0.4, -0.2) is 24.9 Å². The standard InChI is InChI=1S/C12H22N2O2/c1-5-10-6-11(16-14-10)7-13-12(8-15-4)9(2)3/h6,9,12-13H,5,7-8H2,1-4H3. The number of hydrogen-bond acceptors (Lipinski definition) is 4. The predicted octanol–water partition coefficient (Wildman–Crippen LogP) is 2.00. The summed E-state index contributed by atoms with van der Waals surface area (Å²) in [5.41, 5.74) is 1.00. The highest BCUT2D eigenvalue weighted by Gasteiger charge is 2.13. The van der Waals surface area contributed by atoms with Crippen molar-refractivity contribution in [3.05, 3.63) is 17.5 Å². The highest BCUT2D eigenvalue weighted by molar-refractivity contribution is 5.04. The van der Waals surface area contributed by atoms with Gasteiger partial charge < -0.3 is 14.6 Å². The zero-order valence-corrected chi connectivity index (χ0v) is 10.6.